The summed E-state index contributed by atoms with van der Waals surface area (Å²) >= 11 is 3.27. The Hall–Kier alpha value is -0.630. The zero-order valence-corrected chi connectivity index (χ0v) is 12.4. The van der Waals surface area contributed by atoms with Gasteiger partial charge in [0.15, 0.2) is 0 Å². The predicted molar refractivity (Wildman–Crippen MR) is 72.0 cm³/mol. The molecule has 2 rings (SSSR count). The van der Waals surface area contributed by atoms with Crippen molar-refractivity contribution in [3.63, 3.8) is 0 Å². The molecule has 0 spiro atoms. The van der Waals surface area contributed by atoms with Crippen molar-refractivity contribution < 1.29 is 13.2 Å². The lowest BCUT2D eigenvalue weighted by Gasteiger charge is -2.17. The molecule has 1 aliphatic heterocycles. The quantitative estimate of drug-likeness (QED) is 0.900. The maximum Gasteiger partial charge on any atom is 0.244 e. The summed E-state index contributed by atoms with van der Waals surface area (Å²) in [5.74, 6) is 0.514. The van der Waals surface area contributed by atoms with E-state index in [0.717, 1.165) is 0 Å². The number of sulfonamides is 1. The molecule has 1 atom stereocenters. The molecule has 0 aromatic heterocycles. The van der Waals surface area contributed by atoms with Gasteiger partial charge in [-0.2, -0.15) is 4.31 Å². The maximum absolute atomic E-state index is 12.5. The van der Waals surface area contributed by atoms with Gasteiger partial charge in [-0.15, -0.1) is 0 Å². The van der Waals surface area contributed by atoms with Crippen LogP contribution >= 0.6 is 15.9 Å². The first kappa shape index (κ1) is 13.8. The molecule has 0 radical (unpaired) electrons. The van der Waals surface area contributed by atoms with Crippen LogP contribution in [0.5, 0.6) is 5.75 Å². The largest absolute Gasteiger partial charge is 0.497 e. The molecule has 0 amide bonds. The molecule has 0 saturated carbocycles. The third-order valence-corrected chi connectivity index (χ3v) is 5.80. The van der Waals surface area contributed by atoms with E-state index in [4.69, 9.17) is 10.5 Å². The highest BCUT2D eigenvalue weighted by molar-refractivity contribution is 9.10. The van der Waals surface area contributed by atoms with Crippen LogP contribution in [-0.4, -0.2) is 39.0 Å². The van der Waals surface area contributed by atoms with E-state index >= 15 is 0 Å². The van der Waals surface area contributed by atoms with Gasteiger partial charge in [-0.3, -0.25) is 0 Å². The smallest absolute Gasteiger partial charge is 0.244 e. The van der Waals surface area contributed by atoms with E-state index in [1.807, 2.05) is 0 Å². The summed E-state index contributed by atoms with van der Waals surface area (Å²) in [4.78, 5) is 0.218. The lowest BCUT2D eigenvalue weighted by molar-refractivity contribution is 0.412. The van der Waals surface area contributed by atoms with E-state index in [1.165, 1.54) is 17.5 Å². The number of methoxy groups -OCH3 is 1. The number of nitrogens with zero attached hydrogens (tertiary/aromatic N) is 1. The summed E-state index contributed by atoms with van der Waals surface area (Å²) in [6.45, 7) is 0.832. The second-order valence-electron chi connectivity index (χ2n) is 4.21. The minimum atomic E-state index is -3.51. The lowest BCUT2D eigenvalue weighted by Crippen LogP contribution is -2.32. The third kappa shape index (κ3) is 2.54. The standard InChI is InChI=1S/C11H15BrN2O3S/c1-17-9-2-3-10(12)11(6-9)18(15,16)14-5-4-8(13)7-14/h2-3,6,8H,4-5,7,13H2,1H3. The summed E-state index contributed by atoms with van der Waals surface area (Å²) in [6.07, 6.45) is 0.695. The van der Waals surface area contributed by atoms with E-state index in [2.05, 4.69) is 15.9 Å². The van der Waals surface area contributed by atoms with Crippen LogP contribution in [-0.2, 0) is 10.0 Å². The Bertz CT molecular complexity index is 547. The normalized spacial score (nSPS) is 21.2. The van der Waals surface area contributed by atoms with Crippen LogP contribution in [0.25, 0.3) is 0 Å². The average molecular weight is 335 g/mol. The fourth-order valence-electron chi connectivity index (χ4n) is 1.92. The van der Waals surface area contributed by atoms with Crippen molar-refractivity contribution in [2.24, 2.45) is 5.73 Å². The van der Waals surface area contributed by atoms with Gasteiger partial charge in [-0.05, 0) is 34.5 Å². The van der Waals surface area contributed by atoms with Gasteiger partial charge < -0.3 is 10.5 Å². The summed E-state index contributed by atoms with van der Waals surface area (Å²) < 4.78 is 31.9. The molecule has 1 unspecified atom stereocenters. The summed E-state index contributed by atoms with van der Waals surface area (Å²) in [7, 11) is -2.00. The van der Waals surface area contributed by atoms with Crippen molar-refractivity contribution in [3.05, 3.63) is 22.7 Å². The van der Waals surface area contributed by atoms with Gasteiger partial charge >= 0.3 is 0 Å². The highest BCUT2D eigenvalue weighted by atomic mass is 79.9. The second-order valence-corrected chi connectivity index (χ2v) is 6.97. The van der Waals surface area contributed by atoms with E-state index in [0.29, 0.717) is 29.7 Å². The van der Waals surface area contributed by atoms with Gasteiger partial charge in [0.1, 0.15) is 10.6 Å². The first-order chi connectivity index (χ1) is 8.45. The molecule has 5 nitrogen and oxygen atoms in total. The summed E-state index contributed by atoms with van der Waals surface area (Å²) in [5, 5.41) is 0. The Morgan fingerprint density at radius 2 is 2.22 bits per heavy atom. The second kappa shape index (κ2) is 5.16. The van der Waals surface area contributed by atoms with Crippen LogP contribution in [0, 0.1) is 0 Å². The SMILES string of the molecule is COc1ccc(Br)c(S(=O)(=O)N2CCC(N)C2)c1. The number of ether oxygens (including phenoxy) is 1. The highest BCUT2D eigenvalue weighted by Gasteiger charge is 2.32. The van der Waals surface area contributed by atoms with Crippen LogP contribution in [0.15, 0.2) is 27.6 Å². The number of benzene rings is 1. The topological polar surface area (TPSA) is 72.6 Å². The van der Waals surface area contributed by atoms with Gasteiger partial charge in [0.2, 0.25) is 10.0 Å². The predicted octanol–water partition coefficient (Wildman–Crippen LogP) is 1.18. The Morgan fingerprint density at radius 1 is 1.50 bits per heavy atom. The Morgan fingerprint density at radius 3 is 2.78 bits per heavy atom. The molecular weight excluding hydrogens is 320 g/mol. The lowest BCUT2D eigenvalue weighted by atomic mass is 10.3. The first-order valence-corrected chi connectivity index (χ1v) is 7.77. The minimum Gasteiger partial charge on any atom is -0.497 e. The van der Waals surface area contributed by atoms with Crippen molar-refractivity contribution in [2.75, 3.05) is 20.2 Å². The van der Waals surface area contributed by atoms with E-state index in [-0.39, 0.29) is 10.9 Å². The van der Waals surface area contributed by atoms with Gasteiger partial charge in [-0.25, -0.2) is 8.42 Å². The molecule has 1 saturated heterocycles. The van der Waals surface area contributed by atoms with Crippen LogP contribution in [0.1, 0.15) is 6.42 Å². The third-order valence-electron chi connectivity index (χ3n) is 2.94. The van der Waals surface area contributed by atoms with Crippen molar-refractivity contribution in [3.8, 4) is 5.75 Å². The number of hydrogen-bond acceptors (Lipinski definition) is 4. The molecule has 0 aliphatic carbocycles. The first-order valence-electron chi connectivity index (χ1n) is 5.54. The average Bonchev–Trinajstić information content (AvgIpc) is 2.77. The van der Waals surface area contributed by atoms with Crippen molar-refractivity contribution in [2.45, 2.75) is 17.4 Å². The summed E-state index contributed by atoms with van der Waals surface area (Å²) in [6, 6.07) is 4.81. The molecule has 1 fully saturated rings. The van der Waals surface area contributed by atoms with E-state index in [1.54, 1.807) is 12.1 Å². The molecule has 100 valence electrons. The Balaban J connectivity index is 2.40. The van der Waals surface area contributed by atoms with Crippen LogP contribution in [0.2, 0.25) is 0 Å². The number of hydrogen-bond donors (Lipinski definition) is 1. The zero-order valence-electron chi connectivity index (χ0n) is 9.97. The zero-order chi connectivity index (χ0) is 13.3. The molecule has 1 aromatic carbocycles. The van der Waals surface area contributed by atoms with Crippen LogP contribution in [0.4, 0.5) is 0 Å². The Labute approximate surface area is 115 Å². The van der Waals surface area contributed by atoms with Crippen LogP contribution < -0.4 is 10.5 Å². The number of halogens is 1. The van der Waals surface area contributed by atoms with Gasteiger partial charge in [0, 0.05) is 29.7 Å². The van der Waals surface area contributed by atoms with E-state index < -0.39 is 10.0 Å². The minimum absolute atomic E-state index is 0.0795. The highest BCUT2D eigenvalue weighted by Crippen LogP contribution is 2.30. The molecule has 1 heterocycles. The number of rotatable bonds is 3. The Kier molecular flexibility index (Phi) is 3.96. The fourth-order valence-corrected chi connectivity index (χ4v) is 4.37. The van der Waals surface area contributed by atoms with Crippen molar-refractivity contribution in [1.82, 2.24) is 4.31 Å². The molecule has 2 N–H and O–H groups in total. The maximum atomic E-state index is 12.5. The molecule has 7 heteroatoms. The van der Waals surface area contributed by atoms with Crippen molar-refractivity contribution >= 4 is 26.0 Å². The van der Waals surface area contributed by atoms with Gasteiger partial charge in [0.05, 0.1) is 7.11 Å². The van der Waals surface area contributed by atoms with Crippen molar-refractivity contribution in [1.29, 1.82) is 0 Å². The number of nitrogens with two attached hydrogens (primary N) is 1. The molecular formula is C11H15BrN2O3S. The monoisotopic (exact) mass is 334 g/mol. The van der Waals surface area contributed by atoms with Gasteiger partial charge in [0.25, 0.3) is 0 Å². The molecule has 18 heavy (non-hydrogen) atoms. The summed E-state index contributed by atoms with van der Waals surface area (Å²) in [5.41, 5.74) is 5.75. The fraction of sp³-hybridized carbons (Fsp3) is 0.455. The van der Waals surface area contributed by atoms with Gasteiger partial charge in [-0.1, -0.05) is 0 Å². The van der Waals surface area contributed by atoms with E-state index in [9.17, 15) is 8.42 Å². The molecule has 0 bridgehead atoms. The molecule has 1 aromatic rings. The molecule has 1 aliphatic rings. The van der Waals surface area contributed by atoms with Crippen LogP contribution in [0.3, 0.4) is 0 Å².